The first-order valence-electron chi connectivity index (χ1n) is 5.75. The Morgan fingerprint density at radius 3 is 2.79 bits per heavy atom. The lowest BCUT2D eigenvalue weighted by Gasteiger charge is -2.11. The number of anilines is 1. The molecular weight excluding hydrogens is 246 g/mol. The van der Waals surface area contributed by atoms with Crippen molar-refractivity contribution >= 4 is 11.6 Å². The second-order valence-corrected chi connectivity index (χ2v) is 3.87. The van der Waals surface area contributed by atoms with Crippen molar-refractivity contribution in [3.63, 3.8) is 0 Å². The Kier molecular flexibility index (Phi) is 4.20. The molecule has 0 aliphatic rings. The van der Waals surface area contributed by atoms with Crippen molar-refractivity contribution in [1.29, 1.82) is 0 Å². The number of nitrogens with one attached hydrogen (secondary N) is 1. The van der Waals surface area contributed by atoms with E-state index in [2.05, 4.69) is 5.32 Å². The van der Waals surface area contributed by atoms with Crippen LogP contribution in [0.5, 0.6) is 5.75 Å². The molecule has 0 saturated carbocycles. The monoisotopic (exact) mass is 261 g/mol. The predicted octanol–water partition coefficient (Wildman–Crippen LogP) is 2.54. The fraction of sp³-hybridized carbons (Fsp3) is 0.214. The Hall–Kier alpha value is -2.27. The fourth-order valence-corrected chi connectivity index (χ4v) is 1.71. The molecule has 0 spiro atoms. The molecule has 0 aliphatic heterocycles. The SMILES string of the molecule is COCC(=O)Nc1ccc(-c2ccco2)cc1OC. The highest BCUT2D eigenvalue weighted by Gasteiger charge is 2.10. The summed E-state index contributed by atoms with van der Waals surface area (Å²) in [6.45, 7) is 0.00307. The minimum Gasteiger partial charge on any atom is -0.495 e. The van der Waals surface area contributed by atoms with E-state index < -0.39 is 0 Å². The van der Waals surface area contributed by atoms with Gasteiger partial charge in [0.1, 0.15) is 18.1 Å². The molecule has 1 aromatic heterocycles. The molecule has 0 radical (unpaired) electrons. The maximum atomic E-state index is 11.5. The summed E-state index contributed by atoms with van der Waals surface area (Å²) in [6.07, 6.45) is 1.61. The first-order valence-corrected chi connectivity index (χ1v) is 5.75. The molecule has 0 bridgehead atoms. The van der Waals surface area contributed by atoms with Crippen molar-refractivity contribution in [2.75, 3.05) is 26.1 Å². The summed E-state index contributed by atoms with van der Waals surface area (Å²) in [4.78, 5) is 11.5. The molecular formula is C14H15NO4. The molecule has 1 aromatic carbocycles. The number of hydrogen-bond donors (Lipinski definition) is 1. The van der Waals surface area contributed by atoms with Crippen LogP contribution >= 0.6 is 0 Å². The predicted molar refractivity (Wildman–Crippen MR) is 71.2 cm³/mol. The summed E-state index contributed by atoms with van der Waals surface area (Å²) in [5.74, 6) is 1.08. The van der Waals surface area contributed by atoms with Gasteiger partial charge in [-0.25, -0.2) is 0 Å². The van der Waals surface area contributed by atoms with Crippen LogP contribution in [0.4, 0.5) is 5.69 Å². The standard InChI is InChI=1S/C14H15NO4/c1-17-9-14(16)15-11-6-5-10(8-13(11)18-2)12-4-3-7-19-12/h3-8H,9H2,1-2H3,(H,15,16). The van der Waals surface area contributed by atoms with Crippen molar-refractivity contribution in [3.8, 4) is 17.1 Å². The second kappa shape index (κ2) is 6.06. The van der Waals surface area contributed by atoms with Crippen molar-refractivity contribution in [2.24, 2.45) is 0 Å². The van der Waals surface area contributed by atoms with Crippen LogP contribution in [0, 0.1) is 0 Å². The van der Waals surface area contributed by atoms with Gasteiger partial charge in [0.25, 0.3) is 0 Å². The van der Waals surface area contributed by atoms with Gasteiger partial charge < -0.3 is 19.2 Å². The minimum atomic E-state index is -0.230. The van der Waals surface area contributed by atoms with Gasteiger partial charge in [0.15, 0.2) is 0 Å². The lowest BCUT2D eigenvalue weighted by atomic mass is 10.1. The van der Waals surface area contributed by atoms with Crippen molar-refractivity contribution in [1.82, 2.24) is 0 Å². The lowest BCUT2D eigenvalue weighted by molar-refractivity contribution is -0.119. The van der Waals surface area contributed by atoms with E-state index in [1.54, 1.807) is 25.5 Å². The van der Waals surface area contributed by atoms with Crippen molar-refractivity contribution < 1.29 is 18.7 Å². The summed E-state index contributed by atoms with van der Waals surface area (Å²) in [5.41, 5.74) is 1.48. The average molecular weight is 261 g/mol. The van der Waals surface area contributed by atoms with Crippen LogP contribution in [-0.4, -0.2) is 26.7 Å². The Balaban J connectivity index is 2.24. The number of furan rings is 1. The van der Waals surface area contributed by atoms with E-state index in [4.69, 9.17) is 13.9 Å². The van der Waals surface area contributed by atoms with Gasteiger partial charge in [0.05, 0.1) is 19.1 Å². The van der Waals surface area contributed by atoms with Crippen LogP contribution in [0.3, 0.4) is 0 Å². The van der Waals surface area contributed by atoms with Gasteiger partial charge in [-0.2, -0.15) is 0 Å². The van der Waals surface area contributed by atoms with Crippen molar-refractivity contribution in [2.45, 2.75) is 0 Å². The van der Waals surface area contributed by atoms with E-state index in [0.717, 1.165) is 11.3 Å². The first-order chi connectivity index (χ1) is 9.24. The first kappa shape index (κ1) is 13.2. The normalized spacial score (nSPS) is 10.2. The van der Waals surface area contributed by atoms with E-state index in [-0.39, 0.29) is 12.5 Å². The van der Waals surface area contributed by atoms with Gasteiger partial charge in [0.2, 0.25) is 5.91 Å². The van der Waals surface area contributed by atoms with Gasteiger partial charge in [0, 0.05) is 12.7 Å². The minimum absolute atomic E-state index is 0.00307. The summed E-state index contributed by atoms with van der Waals surface area (Å²) in [6, 6.07) is 9.10. The smallest absolute Gasteiger partial charge is 0.250 e. The molecule has 0 fully saturated rings. The largest absolute Gasteiger partial charge is 0.495 e. The zero-order chi connectivity index (χ0) is 13.7. The third-order valence-electron chi connectivity index (χ3n) is 2.56. The molecule has 5 heteroatoms. The van der Waals surface area contributed by atoms with Gasteiger partial charge >= 0.3 is 0 Å². The lowest BCUT2D eigenvalue weighted by Crippen LogP contribution is -2.17. The zero-order valence-corrected chi connectivity index (χ0v) is 10.8. The van der Waals surface area contributed by atoms with E-state index in [0.29, 0.717) is 11.4 Å². The van der Waals surface area contributed by atoms with Crippen LogP contribution in [-0.2, 0) is 9.53 Å². The van der Waals surface area contributed by atoms with Crippen LogP contribution in [0.1, 0.15) is 0 Å². The Morgan fingerprint density at radius 1 is 1.32 bits per heavy atom. The summed E-state index contributed by atoms with van der Waals surface area (Å²) < 4.78 is 15.3. The maximum Gasteiger partial charge on any atom is 0.250 e. The molecule has 19 heavy (non-hydrogen) atoms. The second-order valence-electron chi connectivity index (χ2n) is 3.87. The van der Waals surface area contributed by atoms with E-state index in [9.17, 15) is 4.79 Å². The molecule has 1 N–H and O–H groups in total. The molecule has 100 valence electrons. The fourth-order valence-electron chi connectivity index (χ4n) is 1.71. The average Bonchev–Trinajstić information content (AvgIpc) is 2.93. The molecule has 2 rings (SSSR count). The van der Waals surface area contributed by atoms with Crippen LogP contribution in [0.25, 0.3) is 11.3 Å². The summed E-state index contributed by atoms with van der Waals surface area (Å²) in [5, 5.41) is 2.72. The molecule has 0 atom stereocenters. The molecule has 0 unspecified atom stereocenters. The number of ether oxygens (including phenoxy) is 2. The van der Waals surface area contributed by atoms with Crippen LogP contribution in [0.15, 0.2) is 41.0 Å². The Labute approximate surface area is 111 Å². The zero-order valence-electron chi connectivity index (χ0n) is 10.8. The molecule has 0 aliphatic carbocycles. The van der Waals surface area contributed by atoms with Gasteiger partial charge in [-0.05, 0) is 30.3 Å². The topological polar surface area (TPSA) is 60.7 Å². The number of methoxy groups -OCH3 is 2. The number of hydrogen-bond acceptors (Lipinski definition) is 4. The number of rotatable bonds is 5. The van der Waals surface area contributed by atoms with Crippen LogP contribution in [0.2, 0.25) is 0 Å². The highest BCUT2D eigenvalue weighted by Crippen LogP contribution is 2.30. The maximum absolute atomic E-state index is 11.5. The number of carbonyl (C=O) groups excluding carboxylic acids is 1. The highest BCUT2D eigenvalue weighted by atomic mass is 16.5. The number of benzene rings is 1. The van der Waals surface area contributed by atoms with Crippen LogP contribution < -0.4 is 10.1 Å². The van der Waals surface area contributed by atoms with Gasteiger partial charge in [-0.15, -0.1) is 0 Å². The summed E-state index contributed by atoms with van der Waals surface area (Å²) in [7, 11) is 3.02. The van der Waals surface area contributed by atoms with Crippen molar-refractivity contribution in [3.05, 3.63) is 36.6 Å². The van der Waals surface area contributed by atoms with E-state index in [1.807, 2.05) is 18.2 Å². The molecule has 0 saturated heterocycles. The third-order valence-corrected chi connectivity index (χ3v) is 2.56. The van der Waals surface area contributed by atoms with Gasteiger partial charge in [-0.3, -0.25) is 4.79 Å². The number of carbonyl (C=O) groups is 1. The quantitative estimate of drug-likeness (QED) is 0.898. The van der Waals surface area contributed by atoms with E-state index >= 15 is 0 Å². The molecule has 5 nitrogen and oxygen atoms in total. The molecule has 1 heterocycles. The Morgan fingerprint density at radius 2 is 2.16 bits per heavy atom. The third kappa shape index (κ3) is 3.14. The summed E-state index contributed by atoms with van der Waals surface area (Å²) >= 11 is 0. The van der Waals surface area contributed by atoms with E-state index in [1.165, 1.54) is 7.11 Å². The number of amides is 1. The molecule has 2 aromatic rings. The Bertz CT molecular complexity index is 549. The highest BCUT2D eigenvalue weighted by molar-refractivity contribution is 5.93. The molecule has 1 amide bonds. The van der Waals surface area contributed by atoms with Gasteiger partial charge in [-0.1, -0.05) is 0 Å².